The van der Waals surface area contributed by atoms with E-state index in [1.54, 1.807) is 6.92 Å². The Morgan fingerprint density at radius 2 is 1.75 bits per heavy atom. The van der Waals surface area contributed by atoms with Crippen LogP contribution in [0.2, 0.25) is 0 Å². The molecule has 0 aliphatic carbocycles. The number of rotatable bonds is 5. The van der Waals surface area contributed by atoms with Crippen LogP contribution in [-0.2, 0) is 19.0 Å². The van der Waals surface area contributed by atoms with Crippen molar-refractivity contribution < 1.29 is 23.8 Å². The first-order valence-corrected chi connectivity index (χ1v) is 7.03. The van der Waals surface area contributed by atoms with E-state index < -0.39 is 17.2 Å². The number of hydrogen-bond acceptors (Lipinski definition) is 5. The summed E-state index contributed by atoms with van der Waals surface area (Å²) in [5.41, 5.74) is -1.40. The Morgan fingerprint density at radius 1 is 1.25 bits per heavy atom. The summed E-state index contributed by atoms with van der Waals surface area (Å²) in [6.45, 7) is 11.9. The van der Waals surface area contributed by atoms with Crippen LogP contribution in [0.15, 0.2) is 0 Å². The predicted molar refractivity (Wildman–Crippen MR) is 74.3 cm³/mol. The minimum Gasteiger partial charge on any atom is -0.459 e. The molecule has 1 heterocycles. The quantitative estimate of drug-likeness (QED) is 0.726. The summed E-state index contributed by atoms with van der Waals surface area (Å²) < 4.78 is 15.2. The number of cyclic esters (lactones) is 2. The van der Waals surface area contributed by atoms with Gasteiger partial charge in [-0.3, -0.25) is 4.79 Å². The van der Waals surface area contributed by atoms with E-state index >= 15 is 0 Å². The lowest BCUT2D eigenvalue weighted by Gasteiger charge is -2.37. The van der Waals surface area contributed by atoms with E-state index in [-0.39, 0.29) is 24.6 Å². The van der Waals surface area contributed by atoms with Gasteiger partial charge in [0, 0.05) is 0 Å². The molecule has 0 saturated carbocycles. The molecule has 0 N–H and O–H groups in total. The Morgan fingerprint density at radius 3 is 2.20 bits per heavy atom. The van der Waals surface area contributed by atoms with Crippen molar-refractivity contribution in [3.63, 3.8) is 0 Å². The third-order valence-corrected chi connectivity index (χ3v) is 3.74. The van der Waals surface area contributed by atoms with Crippen molar-refractivity contribution in [2.45, 2.75) is 60.0 Å². The molecular formula is C15H26O5. The molecule has 116 valence electrons. The smallest absolute Gasteiger partial charge is 0.459 e. The van der Waals surface area contributed by atoms with E-state index in [0.29, 0.717) is 0 Å². The van der Waals surface area contributed by atoms with Gasteiger partial charge in [-0.1, -0.05) is 27.2 Å². The maximum atomic E-state index is 12.3. The number of carbonyl (C=O) groups excluding carboxylic acids is 2. The minimum absolute atomic E-state index is 0.00207. The zero-order valence-electron chi connectivity index (χ0n) is 13.4. The molecular weight excluding hydrogens is 260 g/mol. The summed E-state index contributed by atoms with van der Waals surface area (Å²) in [5, 5.41) is 0. The number of ether oxygens (including phenoxy) is 3. The molecule has 0 amide bonds. The Balaban J connectivity index is 2.67. The third-order valence-electron chi connectivity index (χ3n) is 3.74. The molecule has 0 bridgehead atoms. The van der Waals surface area contributed by atoms with Crippen LogP contribution in [0.4, 0.5) is 4.79 Å². The van der Waals surface area contributed by atoms with Crippen molar-refractivity contribution in [2.24, 2.45) is 10.8 Å². The fourth-order valence-corrected chi connectivity index (χ4v) is 2.33. The van der Waals surface area contributed by atoms with Gasteiger partial charge in [-0.15, -0.1) is 0 Å². The van der Waals surface area contributed by atoms with Gasteiger partial charge in [0.05, 0.1) is 0 Å². The minimum atomic E-state index is -0.929. The van der Waals surface area contributed by atoms with Crippen LogP contribution in [0.5, 0.6) is 0 Å². The van der Waals surface area contributed by atoms with Crippen LogP contribution >= 0.6 is 0 Å². The highest BCUT2D eigenvalue weighted by Gasteiger charge is 2.44. The highest BCUT2D eigenvalue weighted by molar-refractivity contribution is 5.78. The first kappa shape index (κ1) is 16.8. The second-order valence-electron chi connectivity index (χ2n) is 7.23. The molecule has 1 aliphatic rings. The maximum absolute atomic E-state index is 12.3. The monoisotopic (exact) mass is 286 g/mol. The summed E-state index contributed by atoms with van der Waals surface area (Å²) >= 11 is 0. The summed E-state index contributed by atoms with van der Waals surface area (Å²) in [7, 11) is 0. The highest BCUT2D eigenvalue weighted by atomic mass is 16.7. The zero-order chi connectivity index (χ0) is 15.6. The lowest BCUT2D eigenvalue weighted by Crippen LogP contribution is -2.47. The molecule has 5 nitrogen and oxygen atoms in total. The van der Waals surface area contributed by atoms with Crippen LogP contribution in [0.25, 0.3) is 0 Å². The molecule has 1 fully saturated rings. The van der Waals surface area contributed by atoms with E-state index in [4.69, 9.17) is 14.2 Å². The van der Waals surface area contributed by atoms with Crippen molar-refractivity contribution >= 4 is 12.1 Å². The van der Waals surface area contributed by atoms with Crippen molar-refractivity contribution in [2.75, 3.05) is 13.2 Å². The average Bonchev–Trinajstić information content (AvgIpc) is 2.31. The van der Waals surface area contributed by atoms with Gasteiger partial charge in [-0.25, -0.2) is 4.79 Å². The first-order chi connectivity index (χ1) is 9.00. The SMILES string of the molecule is CCC(C)(C)CC(C)(C)OC(=O)C1(C)COC(=O)OC1. The van der Waals surface area contributed by atoms with Gasteiger partial charge in [-0.2, -0.15) is 0 Å². The molecule has 5 heteroatoms. The van der Waals surface area contributed by atoms with Crippen molar-refractivity contribution in [1.82, 2.24) is 0 Å². The fraction of sp³-hybridized carbons (Fsp3) is 0.867. The Bertz CT molecular complexity index is 374. The first-order valence-electron chi connectivity index (χ1n) is 7.03. The Kier molecular flexibility index (Phi) is 4.72. The maximum Gasteiger partial charge on any atom is 0.508 e. The Hall–Kier alpha value is -1.26. The lowest BCUT2D eigenvalue weighted by atomic mass is 9.79. The topological polar surface area (TPSA) is 61.8 Å². The molecule has 0 aromatic carbocycles. The lowest BCUT2D eigenvalue weighted by molar-refractivity contribution is -0.181. The van der Waals surface area contributed by atoms with Gasteiger partial charge in [0.1, 0.15) is 24.2 Å². The molecule has 1 saturated heterocycles. The van der Waals surface area contributed by atoms with E-state index in [2.05, 4.69) is 20.8 Å². The van der Waals surface area contributed by atoms with E-state index in [9.17, 15) is 9.59 Å². The molecule has 0 spiro atoms. The summed E-state index contributed by atoms with van der Waals surface area (Å²) in [6.07, 6.45) is 1.03. The van der Waals surface area contributed by atoms with Crippen LogP contribution in [-0.4, -0.2) is 30.9 Å². The third kappa shape index (κ3) is 4.39. The van der Waals surface area contributed by atoms with Crippen molar-refractivity contribution in [1.29, 1.82) is 0 Å². The number of carbonyl (C=O) groups is 2. The standard InChI is InChI=1S/C15H26O5/c1-7-13(2,3)8-14(4,5)20-11(16)15(6)9-18-12(17)19-10-15/h7-10H2,1-6H3. The van der Waals surface area contributed by atoms with Gasteiger partial charge >= 0.3 is 12.1 Å². The summed E-state index contributed by atoms with van der Waals surface area (Å²) in [6, 6.07) is 0. The molecule has 1 aliphatic heterocycles. The van der Waals surface area contributed by atoms with E-state index in [1.165, 1.54) is 0 Å². The van der Waals surface area contributed by atoms with Gasteiger partial charge in [0.15, 0.2) is 0 Å². The van der Waals surface area contributed by atoms with Gasteiger partial charge in [0.25, 0.3) is 0 Å². The van der Waals surface area contributed by atoms with Gasteiger partial charge in [0.2, 0.25) is 0 Å². The predicted octanol–water partition coefficient (Wildman–Crippen LogP) is 3.31. The highest BCUT2D eigenvalue weighted by Crippen LogP contribution is 2.35. The molecule has 0 aromatic rings. The Labute approximate surface area is 121 Å². The second-order valence-corrected chi connectivity index (χ2v) is 7.23. The second kappa shape index (κ2) is 5.62. The number of esters is 1. The largest absolute Gasteiger partial charge is 0.508 e. The van der Waals surface area contributed by atoms with Crippen LogP contribution in [0, 0.1) is 10.8 Å². The summed E-state index contributed by atoms with van der Waals surface area (Å²) in [5.74, 6) is -0.387. The molecule has 0 radical (unpaired) electrons. The van der Waals surface area contributed by atoms with Crippen molar-refractivity contribution in [3.05, 3.63) is 0 Å². The summed E-state index contributed by atoms with van der Waals surface area (Å²) in [4.78, 5) is 23.2. The van der Waals surface area contributed by atoms with Crippen LogP contribution in [0.3, 0.4) is 0 Å². The normalized spacial score (nSPS) is 19.0. The molecule has 0 atom stereocenters. The van der Waals surface area contributed by atoms with Crippen LogP contribution < -0.4 is 0 Å². The van der Waals surface area contributed by atoms with Gasteiger partial charge < -0.3 is 14.2 Å². The number of hydrogen-bond donors (Lipinski definition) is 0. The van der Waals surface area contributed by atoms with E-state index in [0.717, 1.165) is 12.8 Å². The zero-order valence-corrected chi connectivity index (χ0v) is 13.4. The van der Waals surface area contributed by atoms with Crippen molar-refractivity contribution in [3.8, 4) is 0 Å². The van der Waals surface area contributed by atoms with Gasteiger partial charge in [-0.05, 0) is 32.6 Å². The average molecular weight is 286 g/mol. The van der Waals surface area contributed by atoms with E-state index in [1.807, 2.05) is 13.8 Å². The molecule has 20 heavy (non-hydrogen) atoms. The molecule has 0 unspecified atom stereocenters. The molecule has 1 rings (SSSR count). The van der Waals surface area contributed by atoms with Crippen LogP contribution in [0.1, 0.15) is 54.4 Å². The molecule has 0 aromatic heterocycles. The fourth-order valence-electron chi connectivity index (χ4n) is 2.33.